The van der Waals surface area contributed by atoms with Crippen LogP contribution in [0.1, 0.15) is 13.3 Å². The van der Waals surface area contributed by atoms with E-state index >= 15 is 0 Å². The number of rotatable bonds is 10. The van der Waals surface area contributed by atoms with E-state index in [9.17, 15) is 4.79 Å². The van der Waals surface area contributed by atoms with Crippen LogP contribution in [0.3, 0.4) is 0 Å². The third kappa shape index (κ3) is 7.22. The minimum Gasteiger partial charge on any atom is -0.382 e. The molecule has 2 aromatic rings. The molecule has 6 nitrogen and oxygen atoms in total. The second-order valence-electron chi connectivity index (χ2n) is 5.69. The molecule has 0 saturated carbocycles. The molecule has 0 heterocycles. The van der Waals surface area contributed by atoms with E-state index in [1.165, 1.54) is 6.20 Å². The van der Waals surface area contributed by atoms with Gasteiger partial charge in [-0.15, -0.1) is 0 Å². The van der Waals surface area contributed by atoms with E-state index in [-0.39, 0.29) is 5.57 Å². The van der Waals surface area contributed by atoms with Gasteiger partial charge in [-0.2, -0.15) is 5.26 Å². The van der Waals surface area contributed by atoms with Crippen molar-refractivity contribution in [2.75, 3.05) is 30.4 Å². The number of nitrogens with one attached hydrogen (secondary N) is 3. The van der Waals surface area contributed by atoms with Crippen molar-refractivity contribution in [1.29, 1.82) is 5.26 Å². The van der Waals surface area contributed by atoms with Crippen LogP contribution in [0, 0.1) is 11.3 Å². The van der Waals surface area contributed by atoms with Gasteiger partial charge in [0.15, 0.2) is 0 Å². The number of benzene rings is 2. The first-order valence-corrected chi connectivity index (χ1v) is 8.88. The summed E-state index contributed by atoms with van der Waals surface area (Å²) in [6.07, 6.45) is 2.12. The summed E-state index contributed by atoms with van der Waals surface area (Å²) in [6.45, 7) is 3.63. The smallest absolute Gasteiger partial charge is 0.263 e. The lowest BCUT2D eigenvalue weighted by atomic mass is 10.2. The van der Waals surface area contributed by atoms with Crippen LogP contribution in [0.4, 0.5) is 17.1 Å². The Labute approximate surface area is 159 Å². The van der Waals surface area contributed by atoms with Gasteiger partial charge in [0.1, 0.15) is 11.6 Å². The van der Waals surface area contributed by atoms with Gasteiger partial charge in [-0.3, -0.25) is 4.79 Å². The summed E-state index contributed by atoms with van der Waals surface area (Å²) in [7, 11) is 0. The molecular weight excluding hydrogens is 340 g/mol. The molecule has 2 aromatic carbocycles. The summed E-state index contributed by atoms with van der Waals surface area (Å²) < 4.78 is 5.21. The minimum atomic E-state index is -0.399. The van der Waals surface area contributed by atoms with Crippen LogP contribution in [0.25, 0.3) is 0 Å². The fourth-order valence-electron chi connectivity index (χ4n) is 2.26. The molecule has 0 unspecified atom stereocenters. The molecule has 0 aliphatic heterocycles. The number of carbonyl (C=O) groups is 1. The molecule has 0 radical (unpaired) electrons. The standard InChI is InChI=1S/C21H24N4O2/c1-2-27-14-6-13-23-21(26)17(15-22)16-24-18-9-11-20(12-10-18)25-19-7-4-3-5-8-19/h3-5,7-12,16,24-25H,2,6,13-14H2,1H3,(H,23,26)/b17-16-. The maximum atomic E-state index is 12.0. The van der Waals surface area contributed by atoms with Crippen molar-refractivity contribution >= 4 is 23.0 Å². The van der Waals surface area contributed by atoms with Gasteiger partial charge in [0.2, 0.25) is 0 Å². The van der Waals surface area contributed by atoms with Crippen LogP contribution in [0.2, 0.25) is 0 Å². The number of nitrogens with zero attached hydrogens (tertiary/aromatic N) is 1. The first-order chi connectivity index (χ1) is 13.2. The highest BCUT2D eigenvalue weighted by Gasteiger charge is 2.07. The maximum Gasteiger partial charge on any atom is 0.263 e. The molecule has 2 rings (SSSR count). The van der Waals surface area contributed by atoms with E-state index in [0.717, 1.165) is 17.1 Å². The van der Waals surface area contributed by atoms with Gasteiger partial charge in [-0.05, 0) is 49.7 Å². The molecule has 0 aromatic heterocycles. The Bertz CT molecular complexity index is 780. The van der Waals surface area contributed by atoms with Gasteiger partial charge in [-0.1, -0.05) is 18.2 Å². The van der Waals surface area contributed by atoms with Crippen molar-refractivity contribution in [2.45, 2.75) is 13.3 Å². The van der Waals surface area contributed by atoms with Crippen molar-refractivity contribution in [1.82, 2.24) is 5.32 Å². The Hall–Kier alpha value is -3.30. The van der Waals surface area contributed by atoms with Crippen LogP contribution >= 0.6 is 0 Å². The highest BCUT2D eigenvalue weighted by Crippen LogP contribution is 2.18. The second kappa shape index (κ2) is 11.3. The third-order valence-electron chi connectivity index (χ3n) is 3.65. The fourth-order valence-corrected chi connectivity index (χ4v) is 2.26. The van der Waals surface area contributed by atoms with Crippen LogP contribution in [-0.4, -0.2) is 25.7 Å². The van der Waals surface area contributed by atoms with E-state index in [1.54, 1.807) is 0 Å². The monoisotopic (exact) mass is 364 g/mol. The average molecular weight is 364 g/mol. The lowest BCUT2D eigenvalue weighted by Crippen LogP contribution is -2.26. The van der Waals surface area contributed by atoms with Crippen LogP contribution < -0.4 is 16.0 Å². The van der Waals surface area contributed by atoms with E-state index in [4.69, 9.17) is 10.00 Å². The van der Waals surface area contributed by atoms with Crippen LogP contribution in [-0.2, 0) is 9.53 Å². The molecular formula is C21H24N4O2. The summed E-state index contributed by atoms with van der Waals surface area (Å²) >= 11 is 0. The number of ether oxygens (including phenoxy) is 1. The number of anilines is 3. The average Bonchev–Trinajstić information content (AvgIpc) is 2.70. The third-order valence-corrected chi connectivity index (χ3v) is 3.65. The quantitative estimate of drug-likeness (QED) is 0.339. The largest absolute Gasteiger partial charge is 0.382 e. The Balaban J connectivity index is 1.85. The topological polar surface area (TPSA) is 86.2 Å². The summed E-state index contributed by atoms with van der Waals surface area (Å²) in [4.78, 5) is 12.0. The molecule has 0 aliphatic rings. The Morgan fingerprint density at radius 2 is 1.74 bits per heavy atom. The van der Waals surface area contributed by atoms with Crippen molar-refractivity contribution in [3.8, 4) is 6.07 Å². The summed E-state index contributed by atoms with van der Waals surface area (Å²) in [5, 5.41) is 18.1. The summed E-state index contributed by atoms with van der Waals surface area (Å²) in [5.74, 6) is -0.399. The van der Waals surface area contributed by atoms with Gasteiger partial charge >= 0.3 is 0 Å². The van der Waals surface area contributed by atoms with Crippen molar-refractivity contribution in [2.24, 2.45) is 0 Å². The zero-order chi connectivity index (χ0) is 19.3. The number of amides is 1. The molecule has 0 atom stereocenters. The van der Waals surface area contributed by atoms with E-state index in [2.05, 4.69) is 16.0 Å². The van der Waals surface area contributed by atoms with Gasteiger partial charge in [0.05, 0.1) is 0 Å². The zero-order valence-electron chi connectivity index (χ0n) is 15.4. The first-order valence-electron chi connectivity index (χ1n) is 8.88. The van der Waals surface area contributed by atoms with E-state index in [1.807, 2.05) is 67.6 Å². The van der Waals surface area contributed by atoms with Gasteiger partial charge in [0, 0.05) is 43.0 Å². The molecule has 6 heteroatoms. The van der Waals surface area contributed by atoms with Crippen molar-refractivity contribution < 1.29 is 9.53 Å². The molecule has 0 bridgehead atoms. The number of nitriles is 1. The molecule has 0 aliphatic carbocycles. The number of hydrogen-bond acceptors (Lipinski definition) is 5. The van der Waals surface area contributed by atoms with Gasteiger partial charge in [-0.25, -0.2) is 0 Å². The molecule has 3 N–H and O–H groups in total. The lowest BCUT2D eigenvalue weighted by molar-refractivity contribution is -0.117. The highest BCUT2D eigenvalue weighted by atomic mass is 16.5. The van der Waals surface area contributed by atoms with E-state index < -0.39 is 5.91 Å². The molecule has 1 amide bonds. The Morgan fingerprint density at radius 3 is 2.41 bits per heavy atom. The lowest BCUT2D eigenvalue weighted by Gasteiger charge is -2.08. The molecule has 0 fully saturated rings. The van der Waals surface area contributed by atoms with E-state index in [0.29, 0.717) is 26.2 Å². The predicted octanol–water partition coefficient (Wildman–Crippen LogP) is 3.79. The molecule has 27 heavy (non-hydrogen) atoms. The second-order valence-corrected chi connectivity index (χ2v) is 5.69. The number of para-hydroxylation sites is 1. The van der Waals surface area contributed by atoms with Gasteiger partial charge in [0.25, 0.3) is 5.91 Å². The normalized spacial score (nSPS) is 10.7. The number of hydrogen-bond donors (Lipinski definition) is 3. The fraction of sp³-hybridized carbons (Fsp3) is 0.238. The molecule has 0 spiro atoms. The Kier molecular flexibility index (Phi) is 8.41. The first kappa shape index (κ1) is 20.0. The predicted molar refractivity (Wildman–Crippen MR) is 108 cm³/mol. The summed E-state index contributed by atoms with van der Waals surface area (Å²) in [5.41, 5.74) is 2.76. The highest BCUT2D eigenvalue weighted by molar-refractivity contribution is 5.97. The van der Waals surface area contributed by atoms with Gasteiger partial charge < -0.3 is 20.7 Å². The maximum absolute atomic E-state index is 12.0. The van der Waals surface area contributed by atoms with Crippen molar-refractivity contribution in [3.05, 3.63) is 66.4 Å². The summed E-state index contributed by atoms with van der Waals surface area (Å²) in [6, 6.07) is 19.4. The Morgan fingerprint density at radius 1 is 1.07 bits per heavy atom. The van der Waals surface area contributed by atoms with Crippen molar-refractivity contribution in [3.63, 3.8) is 0 Å². The number of carbonyl (C=O) groups excluding carboxylic acids is 1. The minimum absolute atomic E-state index is 0.0258. The molecule has 0 saturated heterocycles. The van der Waals surface area contributed by atoms with Crippen LogP contribution in [0.5, 0.6) is 0 Å². The van der Waals surface area contributed by atoms with Crippen LogP contribution in [0.15, 0.2) is 66.4 Å². The SMILES string of the molecule is CCOCCCNC(=O)/C(C#N)=C\Nc1ccc(Nc2ccccc2)cc1. The zero-order valence-corrected chi connectivity index (χ0v) is 15.4. The molecule has 140 valence electrons.